The maximum Gasteiger partial charge on any atom is 0.0658 e. The van der Waals surface area contributed by atoms with Gasteiger partial charge in [0.2, 0.25) is 0 Å². The Morgan fingerprint density at radius 1 is 1.39 bits per heavy atom. The van der Waals surface area contributed by atoms with Gasteiger partial charge in [-0.25, -0.2) is 0 Å². The molecule has 0 bridgehead atoms. The zero-order valence-corrected chi connectivity index (χ0v) is 12.7. The first-order valence-electron chi connectivity index (χ1n) is 7.46. The highest BCUT2D eigenvalue weighted by atomic mass is 16.5. The maximum absolute atomic E-state index is 9.46. The Bertz CT molecular complexity index is 245. The van der Waals surface area contributed by atoms with Gasteiger partial charge in [0.15, 0.2) is 0 Å². The van der Waals surface area contributed by atoms with Crippen LogP contribution in [0.4, 0.5) is 0 Å². The van der Waals surface area contributed by atoms with Crippen LogP contribution in [0.15, 0.2) is 0 Å². The molecule has 2 N–H and O–H groups in total. The highest BCUT2D eigenvalue weighted by molar-refractivity contribution is 5.05. The molecule has 1 fully saturated rings. The Labute approximate surface area is 112 Å². The summed E-state index contributed by atoms with van der Waals surface area (Å²) in [5.74, 6) is 0.616. The van der Waals surface area contributed by atoms with E-state index in [2.05, 4.69) is 39.9 Å². The first kappa shape index (κ1) is 15.9. The van der Waals surface area contributed by atoms with E-state index in [0.29, 0.717) is 18.1 Å². The van der Waals surface area contributed by atoms with Crippen molar-refractivity contribution in [3.63, 3.8) is 0 Å². The van der Waals surface area contributed by atoms with Crippen molar-refractivity contribution in [1.29, 1.82) is 0 Å². The average molecular weight is 257 g/mol. The van der Waals surface area contributed by atoms with E-state index in [1.807, 2.05) is 0 Å². The molecule has 1 aliphatic carbocycles. The quantitative estimate of drug-likeness (QED) is 0.702. The van der Waals surface area contributed by atoms with Crippen molar-refractivity contribution in [3.05, 3.63) is 0 Å². The van der Waals surface area contributed by atoms with Gasteiger partial charge in [0.05, 0.1) is 12.7 Å². The summed E-state index contributed by atoms with van der Waals surface area (Å²) < 4.78 is 5.81. The van der Waals surface area contributed by atoms with Gasteiger partial charge in [0.25, 0.3) is 0 Å². The second kappa shape index (κ2) is 6.88. The highest BCUT2D eigenvalue weighted by Gasteiger charge is 2.51. The summed E-state index contributed by atoms with van der Waals surface area (Å²) in [4.78, 5) is 0. The Morgan fingerprint density at radius 3 is 2.50 bits per heavy atom. The molecule has 0 radical (unpaired) electrons. The topological polar surface area (TPSA) is 41.5 Å². The minimum atomic E-state index is 0.223. The fraction of sp³-hybridized carbons (Fsp3) is 1.00. The largest absolute Gasteiger partial charge is 0.395 e. The molecule has 1 rings (SSSR count). The predicted octanol–water partition coefficient (Wildman–Crippen LogP) is 2.58. The van der Waals surface area contributed by atoms with E-state index in [4.69, 9.17) is 4.74 Å². The van der Waals surface area contributed by atoms with Crippen molar-refractivity contribution in [2.75, 3.05) is 13.2 Å². The van der Waals surface area contributed by atoms with Gasteiger partial charge in [-0.05, 0) is 32.1 Å². The van der Waals surface area contributed by atoms with Crippen LogP contribution in [0.3, 0.4) is 0 Å². The zero-order chi connectivity index (χ0) is 13.8. The van der Waals surface area contributed by atoms with Crippen molar-refractivity contribution in [2.45, 2.75) is 72.1 Å². The minimum Gasteiger partial charge on any atom is -0.395 e. The molecule has 0 amide bonds. The Morgan fingerprint density at radius 2 is 2.06 bits per heavy atom. The number of nitrogens with one attached hydrogen (secondary N) is 1. The van der Waals surface area contributed by atoms with Gasteiger partial charge in [-0.1, -0.05) is 27.7 Å². The second-order valence-corrected chi connectivity index (χ2v) is 6.27. The third kappa shape index (κ3) is 3.46. The molecule has 0 heterocycles. The smallest absolute Gasteiger partial charge is 0.0658 e. The van der Waals surface area contributed by atoms with Gasteiger partial charge in [-0.3, -0.25) is 0 Å². The number of hydrogen-bond donors (Lipinski definition) is 2. The fourth-order valence-electron chi connectivity index (χ4n) is 3.06. The molecule has 3 heteroatoms. The summed E-state index contributed by atoms with van der Waals surface area (Å²) in [5, 5.41) is 13.1. The van der Waals surface area contributed by atoms with E-state index in [-0.39, 0.29) is 18.1 Å². The van der Waals surface area contributed by atoms with Crippen LogP contribution in [0, 0.1) is 11.3 Å². The van der Waals surface area contributed by atoms with Crippen LogP contribution in [0.25, 0.3) is 0 Å². The molecule has 0 aromatic heterocycles. The monoisotopic (exact) mass is 257 g/mol. The molecule has 0 spiro atoms. The summed E-state index contributed by atoms with van der Waals surface area (Å²) in [5.41, 5.74) is 0.223. The maximum atomic E-state index is 9.46. The second-order valence-electron chi connectivity index (χ2n) is 6.27. The lowest BCUT2D eigenvalue weighted by atomic mass is 9.61. The van der Waals surface area contributed by atoms with E-state index in [1.54, 1.807) is 0 Å². The lowest BCUT2D eigenvalue weighted by Crippen LogP contribution is -2.64. The average Bonchev–Trinajstić information content (AvgIpc) is 2.34. The molecule has 0 saturated heterocycles. The molecular formula is C15H31NO2. The zero-order valence-electron chi connectivity index (χ0n) is 12.7. The molecule has 3 nitrogen and oxygen atoms in total. The van der Waals surface area contributed by atoms with E-state index in [9.17, 15) is 5.11 Å². The Balaban J connectivity index is 2.52. The molecule has 4 atom stereocenters. The Kier molecular flexibility index (Phi) is 6.09. The minimum absolute atomic E-state index is 0.223. The number of aliphatic hydroxyl groups is 1. The van der Waals surface area contributed by atoms with Crippen molar-refractivity contribution >= 4 is 0 Å². The lowest BCUT2D eigenvalue weighted by Gasteiger charge is -2.54. The number of rotatable bonds is 8. The summed E-state index contributed by atoms with van der Waals surface area (Å²) in [7, 11) is 0. The highest BCUT2D eigenvalue weighted by Crippen LogP contribution is 2.46. The van der Waals surface area contributed by atoms with Crippen LogP contribution in [0.1, 0.15) is 53.9 Å². The molecule has 4 unspecified atom stereocenters. The summed E-state index contributed by atoms with van der Waals surface area (Å²) in [6.45, 7) is 12.0. The van der Waals surface area contributed by atoms with Gasteiger partial charge in [-0.2, -0.15) is 0 Å². The molecule has 0 aromatic rings. The van der Waals surface area contributed by atoms with E-state index >= 15 is 0 Å². The summed E-state index contributed by atoms with van der Waals surface area (Å²) in [6, 6.07) is 0.707. The third-order valence-corrected chi connectivity index (χ3v) is 4.52. The molecule has 0 aliphatic heterocycles. The number of aliphatic hydroxyl groups excluding tert-OH is 1. The molecule has 18 heavy (non-hydrogen) atoms. The van der Waals surface area contributed by atoms with Gasteiger partial charge in [-0.15, -0.1) is 0 Å². The predicted molar refractivity (Wildman–Crippen MR) is 75.7 cm³/mol. The van der Waals surface area contributed by atoms with Crippen molar-refractivity contribution < 1.29 is 9.84 Å². The standard InChI is InChI=1S/C15H31NO2/c1-6-15(5)13(9-14(15)18-7-2)16-12(10-17)8-11(3)4/h11-14,16-17H,6-10H2,1-5H3. The first-order valence-corrected chi connectivity index (χ1v) is 7.46. The van der Waals surface area contributed by atoms with Crippen LogP contribution >= 0.6 is 0 Å². The third-order valence-electron chi connectivity index (χ3n) is 4.52. The van der Waals surface area contributed by atoms with Crippen LogP contribution < -0.4 is 5.32 Å². The van der Waals surface area contributed by atoms with E-state index in [1.165, 1.54) is 0 Å². The molecule has 0 aromatic carbocycles. The van der Waals surface area contributed by atoms with Gasteiger partial charge >= 0.3 is 0 Å². The Hall–Kier alpha value is -0.120. The van der Waals surface area contributed by atoms with Crippen LogP contribution in [-0.2, 0) is 4.74 Å². The number of ether oxygens (including phenoxy) is 1. The number of hydrogen-bond acceptors (Lipinski definition) is 3. The normalized spacial score (nSPS) is 33.5. The van der Waals surface area contributed by atoms with Crippen molar-refractivity contribution in [3.8, 4) is 0 Å². The molecular weight excluding hydrogens is 226 g/mol. The summed E-state index contributed by atoms with van der Waals surface area (Å²) in [6.07, 6.45) is 3.61. The lowest BCUT2D eigenvalue weighted by molar-refractivity contribution is -0.129. The van der Waals surface area contributed by atoms with Gasteiger partial charge in [0, 0.05) is 24.1 Å². The van der Waals surface area contributed by atoms with E-state index < -0.39 is 0 Å². The molecule has 1 aliphatic rings. The SMILES string of the molecule is CCOC1CC(NC(CO)CC(C)C)C1(C)CC. The molecule has 108 valence electrons. The first-order chi connectivity index (χ1) is 8.47. The van der Waals surface area contributed by atoms with Crippen molar-refractivity contribution in [2.24, 2.45) is 11.3 Å². The van der Waals surface area contributed by atoms with Crippen LogP contribution in [-0.4, -0.2) is 36.5 Å². The van der Waals surface area contributed by atoms with E-state index in [0.717, 1.165) is 25.9 Å². The summed E-state index contributed by atoms with van der Waals surface area (Å²) >= 11 is 0. The van der Waals surface area contributed by atoms with Gasteiger partial charge in [0.1, 0.15) is 0 Å². The van der Waals surface area contributed by atoms with Crippen LogP contribution in [0.5, 0.6) is 0 Å². The van der Waals surface area contributed by atoms with Gasteiger partial charge < -0.3 is 15.2 Å². The van der Waals surface area contributed by atoms with Crippen molar-refractivity contribution in [1.82, 2.24) is 5.32 Å². The molecule has 1 saturated carbocycles. The fourth-order valence-corrected chi connectivity index (χ4v) is 3.06. The van der Waals surface area contributed by atoms with Crippen LogP contribution in [0.2, 0.25) is 0 Å².